The fourth-order valence-electron chi connectivity index (χ4n) is 3.96. The summed E-state index contributed by atoms with van der Waals surface area (Å²) in [6.07, 6.45) is 3.05. The number of hydrogen-bond acceptors (Lipinski definition) is 4. The highest BCUT2D eigenvalue weighted by molar-refractivity contribution is 7.99. The Kier molecular flexibility index (Phi) is 9.62. The molecule has 5 nitrogen and oxygen atoms in total. The molecule has 0 saturated carbocycles. The molecule has 2 atom stereocenters. The number of benzene rings is 1. The predicted molar refractivity (Wildman–Crippen MR) is 118 cm³/mol. The monoisotopic (exact) mass is 425 g/mol. The van der Waals surface area contributed by atoms with Gasteiger partial charge in [-0.2, -0.15) is 11.8 Å². The van der Waals surface area contributed by atoms with Crippen molar-refractivity contribution in [1.82, 2.24) is 15.5 Å². The lowest BCUT2D eigenvalue weighted by Gasteiger charge is -2.35. The topological polar surface area (TPSA) is 61.4 Å². The molecule has 2 aliphatic heterocycles. The number of thioether (sulfide) groups is 1. The zero-order valence-corrected chi connectivity index (χ0v) is 18.2. The minimum Gasteiger partial charge on any atom is -0.353 e. The van der Waals surface area contributed by atoms with Gasteiger partial charge in [-0.15, -0.1) is 12.4 Å². The van der Waals surface area contributed by atoms with Gasteiger partial charge in [-0.05, 0) is 24.8 Å². The van der Waals surface area contributed by atoms with E-state index in [-0.39, 0.29) is 36.2 Å². The van der Waals surface area contributed by atoms with Crippen molar-refractivity contribution in [2.75, 3.05) is 31.1 Å². The van der Waals surface area contributed by atoms with Crippen LogP contribution in [0.2, 0.25) is 0 Å². The molecule has 28 heavy (non-hydrogen) atoms. The fraction of sp³-hybridized carbons (Fsp3) is 0.619. The molecule has 2 unspecified atom stereocenters. The summed E-state index contributed by atoms with van der Waals surface area (Å²) in [5, 5.41) is 6.58. The first-order valence-corrected chi connectivity index (χ1v) is 11.3. The van der Waals surface area contributed by atoms with Crippen LogP contribution in [-0.2, 0) is 9.59 Å². The van der Waals surface area contributed by atoms with Gasteiger partial charge in [0, 0.05) is 49.6 Å². The maximum atomic E-state index is 12.9. The molecule has 2 N–H and O–H groups in total. The van der Waals surface area contributed by atoms with Gasteiger partial charge in [-0.3, -0.25) is 9.59 Å². The Morgan fingerprint density at radius 2 is 1.96 bits per heavy atom. The van der Waals surface area contributed by atoms with E-state index in [1.807, 2.05) is 47.0 Å². The van der Waals surface area contributed by atoms with E-state index in [0.29, 0.717) is 12.5 Å². The Bertz CT molecular complexity index is 617. The van der Waals surface area contributed by atoms with Crippen molar-refractivity contribution in [2.24, 2.45) is 0 Å². The minimum absolute atomic E-state index is 0. The SMILES string of the molecule is CCC(C(=O)N1CCC(NC(=O)CC2CSCCN2)CC1)c1ccccc1.Cl. The summed E-state index contributed by atoms with van der Waals surface area (Å²) >= 11 is 1.91. The Hall–Kier alpha value is -1.24. The van der Waals surface area contributed by atoms with Gasteiger partial charge in [0.25, 0.3) is 0 Å². The first-order valence-electron chi connectivity index (χ1n) is 10.1. The Morgan fingerprint density at radius 3 is 2.57 bits per heavy atom. The lowest BCUT2D eigenvalue weighted by molar-refractivity contribution is -0.134. The van der Waals surface area contributed by atoms with Gasteiger partial charge in [-0.25, -0.2) is 0 Å². The van der Waals surface area contributed by atoms with Crippen molar-refractivity contribution < 1.29 is 9.59 Å². The van der Waals surface area contributed by atoms with Crippen LogP contribution in [0.25, 0.3) is 0 Å². The van der Waals surface area contributed by atoms with Gasteiger partial charge in [0.05, 0.1) is 5.92 Å². The highest BCUT2D eigenvalue weighted by atomic mass is 35.5. The molecule has 2 saturated heterocycles. The molecule has 0 radical (unpaired) electrons. The van der Waals surface area contributed by atoms with Crippen molar-refractivity contribution in [2.45, 2.75) is 50.6 Å². The molecule has 3 rings (SSSR count). The number of nitrogens with one attached hydrogen (secondary N) is 2. The summed E-state index contributed by atoms with van der Waals surface area (Å²) < 4.78 is 0. The van der Waals surface area contributed by atoms with E-state index in [1.54, 1.807) is 0 Å². The molecule has 0 aromatic heterocycles. The summed E-state index contributed by atoms with van der Waals surface area (Å²) in [4.78, 5) is 27.2. The number of halogens is 1. The van der Waals surface area contributed by atoms with E-state index in [0.717, 1.165) is 56.0 Å². The van der Waals surface area contributed by atoms with E-state index in [9.17, 15) is 9.59 Å². The lowest BCUT2D eigenvalue weighted by Crippen LogP contribution is -2.49. The second kappa shape index (κ2) is 11.7. The molecule has 1 aromatic carbocycles. The average Bonchev–Trinajstić information content (AvgIpc) is 2.70. The minimum atomic E-state index is -0.0628. The maximum absolute atomic E-state index is 12.9. The maximum Gasteiger partial charge on any atom is 0.230 e. The number of nitrogens with zero attached hydrogens (tertiary/aromatic N) is 1. The number of piperidine rings is 1. The summed E-state index contributed by atoms with van der Waals surface area (Å²) in [7, 11) is 0. The number of hydrogen-bond donors (Lipinski definition) is 2. The Balaban J connectivity index is 0.00000280. The van der Waals surface area contributed by atoms with Crippen molar-refractivity contribution in [3.63, 3.8) is 0 Å². The summed E-state index contributed by atoms with van der Waals surface area (Å²) in [6, 6.07) is 10.5. The van der Waals surface area contributed by atoms with E-state index in [1.165, 1.54) is 0 Å². The van der Waals surface area contributed by atoms with Crippen molar-refractivity contribution in [3.8, 4) is 0 Å². The van der Waals surface area contributed by atoms with Gasteiger partial charge in [0.15, 0.2) is 0 Å². The van der Waals surface area contributed by atoms with Gasteiger partial charge in [0.2, 0.25) is 11.8 Å². The standard InChI is InChI=1S/C21H31N3O2S.ClH/c1-2-19(16-6-4-3-5-7-16)21(26)24-11-8-17(9-12-24)23-20(25)14-18-15-27-13-10-22-18;/h3-7,17-19,22H,2,8-15H2,1H3,(H,23,25);1H. The fourth-order valence-corrected chi connectivity index (χ4v) is 4.91. The van der Waals surface area contributed by atoms with E-state index in [2.05, 4.69) is 17.6 Å². The van der Waals surface area contributed by atoms with Crippen molar-refractivity contribution >= 4 is 36.0 Å². The van der Waals surface area contributed by atoms with Crippen LogP contribution in [0, 0.1) is 0 Å². The predicted octanol–water partition coefficient (Wildman–Crippen LogP) is 2.80. The van der Waals surface area contributed by atoms with E-state index < -0.39 is 0 Å². The smallest absolute Gasteiger partial charge is 0.230 e. The molecular formula is C21H32ClN3O2S. The van der Waals surface area contributed by atoms with Crippen LogP contribution in [0.5, 0.6) is 0 Å². The average molecular weight is 426 g/mol. The molecule has 0 spiro atoms. The van der Waals surface area contributed by atoms with Crippen LogP contribution in [0.4, 0.5) is 0 Å². The molecule has 2 fully saturated rings. The third-order valence-corrected chi connectivity index (χ3v) is 6.64. The highest BCUT2D eigenvalue weighted by Gasteiger charge is 2.29. The molecule has 156 valence electrons. The van der Waals surface area contributed by atoms with Gasteiger partial charge < -0.3 is 15.5 Å². The van der Waals surface area contributed by atoms with Crippen LogP contribution in [0.15, 0.2) is 30.3 Å². The zero-order valence-electron chi connectivity index (χ0n) is 16.6. The van der Waals surface area contributed by atoms with Gasteiger partial charge in [-0.1, -0.05) is 37.3 Å². The number of likely N-dealkylation sites (tertiary alicyclic amines) is 1. The lowest BCUT2D eigenvalue weighted by atomic mass is 9.93. The first kappa shape index (κ1) is 23.0. The number of carbonyl (C=O) groups excluding carboxylic acids is 2. The van der Waals surface area contributed by atoms with Crippen molar-refractivity contribution in [3.05, 3.63) is 35.9 Å². The van der Waals surface area contributed by atoms with Crippen LogP contribution in [0.1, 0.15) is 44.1 Å². The normalized spacial score (nSPS) is 21.5. The molecular weight excluding hydrogens is 394 g/mol. The third-order valence-electron chi connectivity index (χ3n) is 5.51. The van der Waals surface area contributed by atoms with Crippen LogP contribution >= 0.6 is 24.2 Å². The largest absolute Gasteiger partial charge is 0.353 e. The second-order valence-electron chi connectivity index (χ2n) is 7.47. The molecule has 7 heteroatoms. The summed E-state index contributed by atoms with van der Waals surface area (Å²) in [6.45, 7) is 4.51. The van der Waals surface area contributed by atoms with Gasteiger partial charge in [0.1, 0.15) is 0 Å². The second-order valence-corrected chi connectivity index (χ2v) is 8.62. The number of rotatable bonds is 6. The highest BCUT2D eigenvalue weighted by Crippen LogP contribution is 2.24. The quantitative estimate of drug-likeness (QED) is 0.735. The van der Waals surface area contributed by atoms with Crippen LogP contribution < -0.4 is 10.6 Å². The van der Waals surface area contributed by atoms with E-state index >= 15 is 0 Å². The molecule has 2 amide bonds. The zero-order chi connectivity index (χ0) is 19.1. The van der Waals surface area contributed by atoms with Crippen molar-refractivity contribution in [1.29, 1.82) is 0 Å². The molecule has 1 aromatic rings. The van der Waals surface area contributed by atoms with Crippen LogP contribution in [0.3, 0.4) is 0 Å². The summed E-state index contributed by atoms with van der Waals surface area (Å²) in [5.41, 5.74) is 1.10. The Morgan fingerprint density at radius 1 is 1.25 bits per heavy atom. The number of amides is 2. The molecule has 2 heterocycles. The molecule has 0 bridgehead atoms. The van der Waals surface area contributed by atoms with Crippen LogP contribution in [-0.4, -0.2) is 59.9 Å². The molecule has 0 aliphatic carbocycles. The number of carbonyl (C=O) groups is 2. The Labute approximate surface area is 178 Å². The molecule has 2 aliphatic rings. The van der Waals surface area contributed by atoms with Gasteiger partial charge >= 0.3 is 0 Å². The van der Waals surface area contributed by atoms with E-state index in [4.69, 9.17) is 0 Å². The first-order chi connectivity index (χ1) is 13.2. The summed E-state index contributed by atoms with van der Waals surface area (Å²) in [5.74, 6) is 2.43. The third kappa shape index (κ3) is 6.39.